The molecule has 0 bridgehead atoms. The predicted molar refractivity (Wildman–Crippen MR) is 107 cm³/mol. The van der Waals surface area contributed by atoms with E-state index < -0.39 is 6.04 Å². The number of tetrazole rings is 1. The molecule has 2 aromatic carbocycles. The van der Waals surface area contributed by atoms with Crippen LogP contribution in [-0.4, -0.2) is 57.2 Å². The number of piperazine rings is 1. The lowest BCUT2D eigenvalue weighted by Gasteiger charge is -2.38. The molecule has 1 saturated heterocycles. The number of carbonyl (C=O) groups is 1. The number of rotatable bonds is 4. The largest absolute Gasteiger partial charge is 0.368 e. The van der Waals surface area contributed by atoms with Crippen LogP contribution in [0.25, 0.3) is 0 Å². The fourth-order valence-electron chi connectivity index (χ4n) is 3.59. The number of aryl methyl sites for hydroxylation is 1. The first kappa shape index (κ1) is 18.4. The van der Waals surface area contributed by atoms with Crippen molar-refractivity contribution in [3.63, 3.8) is 0 Å². The van der Waals surface area contributed by atoms with Gasteiger partial charge in [-0.3, -0.25) is 4.79 Å². The summed E-state index contributed by atoms with van der Waals surface area (Å²) in [5.41, 5.74) is 3.17. The molecule has 4 rings (SSSR count). The van der Waals surface area contributed by atoms with Gasteiger partial charge in [-0.1, -0.05) is 48.0 Å². The SMILES string of the molecule is Cc1ccc(Cl)cc1N1CCN(C(=O)C(c2ccccc2)n2cnnn2)CC1. The third-order valence-electron chi connectivity index (χ3n) is 5.08. The lowest BCUT2D eigenvalue weighted by Crippen LogP contribution is -2.51. The van der Waals surface area contributed by atoms with Crippen molar-refractivity contribution in [1.29, 1.82) is 0 Å². The van der Waals surface area contributed by atoms with Gasteiger partial charge in [0, 0.05) is 36.9 Å². The fraction of sp³-hybridized carbons (Fsp3) is 0.300. The van der Waals surface area contributed by atoms with Gasteiger partial charge in [-0.2, -0.15) is 0 Å². The molecule has 1 aliphatic rings. The molecule has 0 radical (unpaired) electrons. The second-order valence-corrected chi connectivity index (χ2v) is 7.28. The molecule has 1 amide bonds. The van der Waals surface area contributed by atoms with Gasteiger partial charge in [-0.25, -0.2) is 4.68 Å². The maximum atomic E-state index is 13.3. The second kappa shape index (κ2) is 7.98. The number of benzene rings is 2. The van der Waals surface area contributed by atoms with Crippen LogP contribution < -0.4 is 4.90 Å². The number of anilines is 1. The molecular weight excluding hydrogens is 376 g/mol. The molecule has 0 N–H and O–H groups in total. The number of hydrogen-bond acceptors (Lipinski definition) is 5. The Kier molecular flexibility index (Phi) is 5.25. The smallest absolute Gasteiger partial charge is 0.252 e. The van der Waals surface area contributed by atoms with Gasteiger partial charge in [-0.15, -0.1) is 5.10 Å². The minimum absolute atomic E-state index is 0.000894. The zero-order valence-electron chi connectivity index (χ0n) is 15.6. The summed E-state index contributed by atoms with van der Waals surface area (Å²) in [5.74, 6) is 0.000894. The van der Waals surface area contributed by atoms with E-state index in [0.29, 0.717) is 13.1 Å². The van der Waals surface area contributed by atoms with E-state index in [9.17, 15) is 4.79 Å². The standard InChI is InChI=1S/C20H21ClN6O/c1-15-7-8-17(21)13-18(15)25-9-11-26(12-10-25)20(28)19(27-14-22-23-24-27)16-5-3-2-4-6-16/h2-8,13-14,19H,9-12H2,1H3. The van der Waals surface area contributed by atoms with E-state index in [1.165, 1.54) is 16.6 Å². The molecule has 1 unspecified atom stereocenters. The van der Waals surface area contributed by atoms with Gasteiger partial charge in [0.05, 0.1) is 0 Å². The molecule has 2 heterocycles. The van der Waals surface area contributed by atoms with Crippen LogP contribution >= 0.6 is 11.6 Å². The molecule has 8 heteroatoms. The van der Waals surface area contributed by atoms with Crippen molar-refractivity contribution in [2.24, 2.45) is 0 Å². The van der Waals surface area contributed by atoms with Crippen molar-refractivity contribution in [3.05, 3.63) is 71.0 Å². The van der Waals surface area contributed by atoms with Gasteiger partial charge in [-0.05, 0) is 40.6 Å². The molecule has 3 aromatic rings. The van der Waals surface area contributed by atoms with Gasteiger partial charge in [0.15, 0.2) is 6.04 Å². The van der Waals surface area contributed by atoms with Crippen molar-refractivity contribution >= 4 is 23.2 Å². The zero-order valence-corrected chi connectivity index (χ0v) is 16.3. The quantitative estimate of drug-likeness (QED) is 0.678. The fourth-order valence-corrected chi connectivity index (χ4v) is 3.76. The van der Waals surface area contributed by atoms with E-state index in [1.54, 1.807) is 0 Å². The molecule has 28 heavy (non-hydrogen) atoms. The van der Waals surface area contributed by atoms with Crippen LogP contribution in [0.5, 0.6) is 0 Å². The number of amides is 1. The molecule has 0 aliphatic carbocycles. The van der Waals surface area contributed by atoms with Crippen LogP contribution in [0.15, 0.2) is 54.9 Å². The number of carbonyl (C=O) groups excluding carboxylic acids is 1. The average molecular weight is 397 g/mol. The normalized spacial score (nSPS) is 15.5. The number of hydrogen-bond donors (Lipinski definition) is 0. The minimum Gasteiger partial charge on any atom is -0.368 e. The highest BCUT2D eigenvalue weighted by Crippen LogP contribution is 2.26. The first-order chi connectivity index (χ1) is 13.6. The number of nitrogens with zero attached hydrogens (tertiary/aromatic N) is 6. The first-order valence-electron chi connectivity index (χ1n) is 9.21. The van der Waals surface area contributed by atoms with E-state index >= 15 is 0 Å². The third kappa shape index (κ3) is 3.71. The highest BCUT2D eigenvalue weighted by Gasteiger charge is 2.31. The zero-order chi connectivity index (χ0) is 19.5. The summed E-state index contributed by atoms with van der Waals surface area (Å²) >= 11 is 6.17. The number of halogens is 1. The Balaban J connectivity index is 1.51. The van der Waals surface area contributed by atoms with Gasteiger partial charge in [0.2, 0.25) is 0 Å². The average Bonchev–Trinajstić information content (AvgIpc) is 3.25. The maximum Gasteiger partial charge on any atom is 0.252 e. The van der Waals surface area contributed by atoms with Crippen LogP contribution in [0.1, 0.15) is 17.2 Å². The molecular formula is C20H21ClN6O. The van der Waals surface area contributed by atoms with Crippen molar-refractivity contribution in [2.75, 3.05) is 31.1 Å². The summed E-state index contributed by atoms with van der Waals surface area (Å²) in [6, 6.07) is 15.0. The number of aromatic nitrogens is 4. The van der Waals surface area contributed by atoms with E-state index in [4.69, 9.17) is 11.6 Å². The lowest BCUT2D eigenvalue weighted by atomic mass is 10.1. The predicted octanol–water partition coefficient (Wildman–Crippen LogP) is 2.57. The molecule has 144 valence electrons. The monoisotopic (exact) mass is 396 g/mol. The molecule has 7 nitrogen and oxygen atoms in total. The highest BCUT2D eigenvalue weighted by molar-refractivity contribution is 6.30. The third-order valence-corrected chi connectivity index (χ3v) is 5.32. The van der Waals surface area contributed by atoms with Crippen molar-refractivity contribution < 1.29 is 4.79 Å². The highest BCUT2D eigenvalue weighted by atomic mass is 35.5. The molecule has 1 fully saturated rings. The van der Waals surface area contributed by atoms with Crippen LogP contribution in [0.2, 0.25) is 5.02 Å². The van der Waals surface area contributed by atoms with Crippen LogP contribution in [-0.2, 0) is 4.79 Å². The molecule has 0 spiro atoms. The van der Waals surface area contributed by atoms with Gasteiger partial charge < -0.3 is 9.80 Å². The van der Waals surface area contributed by atoms with Crippen LogP contribution in [0.3, 0.4) is 0 Å². The van der Waals surface area contributed by atoms with Crippen LogP contribution in [0, 0.1) is 6.92 Å². The summed E-state index contributed by atoms with van der Waals surface area (Å²) < 4.78 is 1.52. The van der Waals surface area contributed by atoms with E-state index in [1.807, 2.05) is 53.4 Å². The summed E-state index contributed by atoms with van der Waals surface area (Å²) in [6.07, 6.45) is 1.49. The summed E-state index contributed by atoms with van der Waals surface area (Å²) in [7, 11) is 0. The van der Waals surface area contributed by atoms with Gasteiger partial charge in [0.1, 0.15) is 6.33 Å². The summed E-state index contributed by atoms with van der Waals surface area (Å²) in [4.78, 5) is 17.5. The Morgan fingerprint density at radius 2 is 1.82 bits per heavy atom. The summed E-state index contributed by atoms with van der Waals surface area (Å²) in [6.45, 7) is 4.85. The molecule has 1 aromatic heterocycles. The minimum atomic E-state index is -0.560. The molecule has 0 saturated carbocycles. The topological polar surface area (TPSA) is 67.2 Å². The Labute approximate surface area is 168 Å². The Morgan fingerprint density at radius 1 is 1.07 bits per heavy atom. The van der Waals surface area contributed by atoms with E-state index in [0.717, 1.165) is 29.4 Å². The van der Waals surface area contributed by atoms with Crippen molar-refractivity contribution in [1.82, 2.24) is 25.1 Å². The summed E-state index contributed by atoms with van der Waals surface area (Å²) in [5, 5.41) is 12.1. The Morgan fingerprint density at radius 3 is 2.50 bits per heavy atom. The Bertz CT molecular complexity index is 939. The first-order valence-corrected chi connectivity index (χ1v) is 9.58. The van der Waals surface area contributed by atoms with Gasteiger partial charge >= 0.3 is 0 Å². The van der Waals surface area contributed by atoms with Crippen molar-refractivity contribution in [3.8, 4) is 0 Å². The molecule has 1 atom stereocenters. The van der Waals surface area contributed by atoms with E-state index in [2.05, 4.69) is 27.3 Å². The van der Waals surface area contributed by atoms with E-state index in [-0.39, 0.29) is 5.91 Å². The Hall–Kier alpha value is -2.93. The maximum absolute atomic E-state index is 13.3. The van der Waals surface area contributed by atoms with Crippen molar-refractivity contribution in [2.45, 2.75) is 13.0 Å². The second-order valence-electron chi connectivity index (χ2n) is 6.85. The molecule has 1 aliphatic heterocycles. The lowest BCUT2D eigenvalue weighted by molar-refractivity contribution is -0.134. The van der Waals surface area contributed by atoms with Gasteiger partial charge in [0.25, 0.3) is 5.91 Å². The van der Waals surface area contributed by atoms with Crippen LogP contribution in [0.4, 0.5) is 5.69 Å².